The minimum Gasteiger partial charge on any atom is -0.395 e. The fourth-order valence-corrected chi connectivity index (χ4v) is 6.81. The highest BCUT2D eigenvalue weighted by Crippen LogP contribution is 2.07. The molecule has 0 radical (unpaired) electrons. The van der Waals surface area contributed by atoms with Crippen LogP contribution in [0.3, 0.4) is 0 Å². The number of nitrogens with zero attached hydrogens (tertiary/aromatic N) is 24. The molecule has 0 bridgehead atoms. The number of aromatic nitrogens is 8. The molecular weight excluding hydrogens is 1100 g/mol. The Hall–Kier alpha value is -10.7. The summed E-state index contributed by atoms with van der Waals surface area (Å²) in [6, 6.07) is 44.8. The van der Waals surface area contributed by atoms with Gasteiger partial charge in [0.2, 0.25) is 0 Å². The highest BCUT2D eigenvalue weighted by molar-refractivity contribution is 5.80. The lowest BCUT2D eigenvalue weighted by molar-refractivity contribution is -0.685. The summed E-state index contributed by atoms with van der Waals surface area (Å²) in [6.45, 7) is 5.35. The SMILES string of the molecule is C/C(N=Nc1cccc[n+]1C)=N\N=c1/ccccn1C.C/C(N=Nc1cccc[n+]1CCO)=N\N=c1/ccccn1CCO.Cn1ccccc1=NN=CN=Nc1cccc[n+]1C.OCCn1ccccc1=NN=CN=Nc1cccc[n+]1CCO. The van der Waals surface area contributed by atoms with Crippen molar-refractivity contribution < 1.29 is 38.7 Å². The summed E-state index contributed by atoms with van der Waals surface area (Å²) in [6.07, 6.45) is 17.5. The Labute approximate surface area is 496 Å². The lowest BCUT2D eigenvalue weighted by atomic mass is 10.4. The Balaban J connectivity index is 0.000000210. The topological polar surface area (TPSA) is 314 Å². The Kier molecular flexibility index (Phi) is 29.9. The number of hydrogen-bond donors (Lipinski definition) is 4. The molecule has 0 aliphatic carbocycles. The number of hydrogen-bond acceptors (Lipinski definition) is 16. The van der Waals surface area contributed by atoms with E-state index in [-0.39, 0.29) is 26.4 Å². The van der Waals surface area contributed by atoms with E-state index in [9.17, 15) is 0 Å². The van der Waals surface area contributed by atoms with E-state index in [1.807, 2.05) is 217 Å². The summed E-state index contributed by atoms with van der Waals surface area (Å²) in [5.74, 6) is 3.64. The Bertz CT molecular complexity index is 3910. The van der Waals surface area contributed by atoms with Gasteiger partial charge in [-0.25, -0.2) is 18.3 Å². The zero-order valence-corrected chi connectivity index (χ0v) is 48.8. The molecule has 0 fully saturated rings. The predicted molar refractivity (Wildman–Crippen MR) is 320 cm³/mol. The van der Waals surface area contributed by atoms with Crippen molar-refractivity contribution >= 4 is 47.6 Å². The van der Waals surface area contributed by atoms with Gasteiger partial charge in [-0.15, -0.1) is 40.8 Å². The average Bonchev–Trinajstić information content (AvgIpc) is 3.62. The smallest absolute Gasteiger partial charge is 0.350 e. The zero-order chi connectivity index (χ0) is 61.4. The van der Waals surface area contributed by atoms with Gasteiger partial charge in [0.25, 0.3) is 0 Å². The van der Waals surface area contributed by atoms with E-state index < -0.39 is 0 Å². The van der Waals surface area contributed by atoms with Crippen LogP contribution in [0.25, 0.3) is 0 Å². The Morgan fingerprint density at radius 1 is 0.407 bits per heavy atom. The van der Waals surface area contributed by atoms with Crippen molar-refractivity contribution in [3.05, 3.63) is 217 Å². The van der Waals surface area contributed by atoms with Crippen molar-refractivity contribution in [2.24, 2.45) is 110 Å². The van der Waals surface area contributed by atoms with Crippen molar-refractivity contribution in [3.8, 4) is 0 Å². The molecule has 28 heteroatoms. The van der Waals surface area contributed by atoms with Gasteiger partial charge >= 0.3 is 23.3 Å². The number of aryl methyl sites for hydroxylation is 4. The Morgan fingerprint density at radius 2 is 0.767 bits per heavy atom. The maximum absolute atomic E-state index is 9.05. The van der Waals surface area contributed by atoms with Crippen molar-refractivity contribution in [2.75, 3.05) is 26.4 Å². The van der Waals surface area contributed by atoms with Gasteiger partial charge < -0.3 is 38.7 Å². The molecule has 8 aromatic rings. The first-order valence-corrected chi connectivity index (χ1v) is 26.8. The second-order valence-corrected chi connectivity index (χ2v) is 17.6. The van der Waals surface area contributed by atoms with Crippen LogP contribution in [-0.2, 0) is 54.4 Å². The molecule has 0 amide bonds. The van der Waals surface area contributed by atoms with Crippen LogP contribution in [0.2, 0.25) is 0 Å². The van der Waals surface area contributed by atoms with Crippen LogP contribution in [-0.4, -0.2) is 89.5 Å². The number of azo groups is 4. The molecule has 0 saturated heterocycles. The molecule has 8 heterocycles. The van der Waals surface area contributed by atoms with Gasteiger partial charge in [0, 0.05) is 90.1 Å². The third-order valence-corrected chi connectivity index (χ3v) is 11.2. The van der Waals surface area contributed by atoms with E-state index in [0.717, 1.165) is 22.6 Å². The molecule has 0 unspecified atom stereocenters. The van der Waals surface area contributed by atoms with E-state index in [4.69, 9.17) is 20.4 Å². The lowest BCUT2D eigenvalue weighted by Gasteiger charge is -2.02. The van der Waals surface area contributed by atoms with Crippen LogP contribution in [0.1, 0.15) is 13.8 Å². The van der Waals surface area contributed by atoms with Crippen LogP contribution in [0.15, 0.2) is 277 Å². The van der Waals surface area contributed by atoms with Crippen LogP contribution in [0.4, 0.5) is 23.3 Å². The lowest BCUT2D eigenvalue weighted by Crippen LogP contribution is -2.35. The van der Waals surface area contributed by atoms with Crippen LogP contribution in [0.5, 0.6) is 0 Å². The van der Waals surface area contributed by atoms with Gasteiger partial charge in [-0.3, -0.25) is 0 Å². The summed E-state index contributed by atoms with van der Waals surface area (Å²) >= 11 is 0. The molecule has 0 aliphatic rings. The van der Waals surface area contributed by atoms with E-state index in [2.05, 4.69) is 81.7 Å². The second kappa shape index (κ2) is 38.9. The largest absolute Gasteiger partial charge is 0.395 e. The van der Waals surface area contributed by atoms with Crippen LogP contribution >= 0.6 is 0 Å². The quantitative estimate of drug-likeness (QED) is 0.0317. The van der Waals surface area contributed by atoms with Crippen molar-refractivity contribution in [3.63, 3.8) is 0 Å². The van der Waals surface area contributed by atoms with Gasteiger partial charge in [0.05, 0.1) is 85.8 Å². The molecule has 8 aromatic heterocycles. The molecule has 28 nitrogen and oxygen atoms in total. The Morgan fingerprint density at radius 3 is 1.23 bits per heavy atom. The van der Waals surface area contributed by atoms with E-state index in [1.54, 1.807) is 56.4 Å². The number of aliphatic hydroxyl groups is 4. The molecule has 0 aromatic carbocycles. The zero-order valence-electron chi connectivity index (χ0n) is 48.8. The van der Waals surface area contributed by atoms with E-state index in [1.165, 1.54) is 12.7 Å². The molecular formula is C58H72N24O4+4. The third-order valence-electron chi connectivity index (χ3n) is 11.2. The normalized spacial score (nSPS) is 12.8. The molecule has 0 saturated carbocycles. The van der Waals surface area contributed by atoms with Gasteiger partial charge in [0.1, 0.15) is 13.1 Å². The van der Waals surface area contributed by atoms with Gasteiger partial charge in [0.15, 0.2) is 46.3 Å². The molecule has 4 N–H and O–H groups in total. The first-order chi connectivity index (χ1) is 42.0. The average molecular weight is 1170 g/mol. The summed E-state index contributed by atoms with van der Waals surface area (Å²) in [5.41, 5.74) is 2.74. The molecule has 444 valence electrons. The molecule has 8 rings (SSSR count). The third kappa shape index (κ3) is 24.4. The van der Waals surface area contributed by atoms with Gasteiger partial charge in [-0.1, -0.05) is 48.5 Å². The summed E-state index contributed by atoms with van der Waals surface area (Å²) in [7, 11) is 7.63. The highest BCUT2D eigenvalue weighted by atomic mass is 16.3. The fraction of sp³-hybridized carbons (Fsp3) is 0.241. The van der Waals surface area contributed by atoms with Crippen molar-refractivity contribution in [1.82, 2.24) is 18.3 Å². The number of amidine groups is 2. The minimum absolute atomic E-state index is 0.0263. The maximum Gasteiger partial charge on any atom is 0.350 e. The summed E-state index contributed by atoms with van der Waals surface area (Å²) in [4.78, 5) is 0. The minimum atomic E-state index is 0.0263. The standard InChI is InChI=1S/C16H21N6O2.C15H19N6O2.C14H17N6.C13H15N6/c1-14(17-19-15-6-2-4-8-21(15)10-12-23)18-20-16-7-3-5-9-22(16)11-13-24;22-11-9-20-7-3-1-5-14(20)18-16-13-17-19-15-6-2-4-8-21(15)10-12-23;1-12(15-17-13-8-4-6-10-19(13)2)16-18-14-9-5-7-11-20(14)3;1-18-9-5-3-7-12(18)16-14-11-15-17-13-8-4-6-10-19(13)2/h2-9,23-24H,10-13H2,1H3;1-8,13,22-23H,9-12H2;4-11H,1-3H3;3-11H,1-2H3/q4*+1. The number of pyridine rings is 8. The van der Waals surface area contributed by atoms with E-state index in [0.29, 0.717) is 60.5 Å². The summed E-state index contributed by atoms with van der Waals surface area (Å²) in [5, 5.41) is 100. The second-order valence-electron chi connectivity index (χ2n) is 17.6. The highest BCUT2D eigenvalue weighted by Gasteiger charge is 2.09. The van der Waals surface area contributed by atoms with Gasteiger partial charge in [-0.05, 0) is 93.3 Å². The monoisotopic (exact) mass is 1170 g/mol. The molecule has 0 atom stereocenters. The van der Waals surface area contributed by atoms with Gasteiger partial charge in [-0.2, -0.15) is 0 Å². The van der Waals surface area contributed by atoms with Crippen LogP contribution < -0.4 is 40.2 Å². The van der Waals surface area contributed by atoms with Crippen molar-refractivity contribution in [1.29, 1.82) is 0 Å². The van der Waals surface area contributed by atoms with Crippen molar-refractivity contribution in [2.45, 2.75) is 40.0 Å². The fourth-order valence-electron chi connectivity index (χ4n) is 6.81. The van der Waals surface area contributed by atoms with E-state index >= 15 is 0 Å². The predicted octanol–water partition coefficient (Wildman–Crippen LogP) is 4.51. The first kappa shape index (κ1) is 66.1. The molecule has 0 aliphatic heterocycles. The number of rotatable bonds is 18. The maximum atomic E-state index is 9.05. The number of aliphatic hydroxyl groups excluding tert-OH is 4. The molecule has 0 spiro atoms. The van der Waals surface area contributed by atoms with Crippen LogP contribution in [0, 0.1) is 0 Å². The summed E-state index contributed by atoms with van der Waals surface area (Å²) < 4.78 is 14.6. The first-order valence-electron chi connectivity index (χ1n) is 26.8. The molecule has 86 heavy (non-hydrogen) atoms.